The number of guanidine groups is 1. The number of benzene rings is 1. The highest BCUT2D eigenvalue weighted by Gasteiger charge is 2.42. The van der Waals surface area contributed by atoms with Crippen molar-refractivity contribution in [1.29, 1.82) is 0 Å². The van der Waals surface area contributed by atoms with Gasteiger partial charge >= 0.3 is 0 Å². The first-order chi connectivity index (χ1) is 12.4. The maximum Gasteiger partial charge on any atom is 0.230 e. The van der Waals surface area contributed by atoms with Gasteiger partial charge in [-0.3, -0.25) is 9.79 Å². The number of carbonyl (C=O) groups excluding carboxylic acids is 1. The number of aliphatic imine (C=N–C) groups is 1. The number of nitrogens with one attached hydrogen (secondary N) is 2. The Morgan fingerprint density at radius 1 is 1.22 bits per heavy atom. The number of rotatable bonds is 6. The van der Waals surface area contributed by atoms with Gasteiger partial charge in [0.1, 0.15) is 0 Å². The SMILES string of the molecule is CCc1ccc(C(C)NC(=NC)NCC2(C(=O)N(C)C)CCCC2)cc1.I. The molecule has 0 radical (unpaired) electrons. The van der Waals surface area contributed by atoms with Crippen molar-refractivity contribution in [2.45, 2.75) is 52.0 Å². The van der Waals surface area contributed by atoms with Crippen LogP contribution >= 0.6 is 24.0 Å². The van der Waals surface area contributed by atoms with E-state index < -0.39 is 0 Å². The fourth-order valence-electron chi connectivity index (χ4n) is 3.77. The molecule has 1 aliphatic carbocycles. The lowest BCUT2D eigenvalue weighted by molar-refractivity contribution is -0.138. The van der Waals surface area contributed by atoms with Crippen LogP contribution in [0.2, 0.25) is 0 Å². The largest absolute Gasteiger partial charge is 0.355 e. The zero-order valence-electron chi connectivity index (χ0n) is 17.3. The Morgan fingerprint density at radius 2 is 1.81 bits per heavy atom. The molecule has 1 fully saturated rings. The minimum absolute atomic E-state index is 0. The maximum absolute atomic E-state index is 12.7. The lowest BCUT2D eigenvalue weighted by Crippen LogP contribution is -2.49. The van der Waals surface area contributed by atoms with Crippen LogP contribution in [-0.2, 0) is 11.2 Å². The molecule has 0 heterocycles. The van der Waals surface area contributed by atoms with Gasteiger partial charge in [-0.05, 0) is 37.3 Å². The van der Waals surface area contributed by atoms with Gasteiger partial charge in [0.15, 0.2) is 5.96 Å². The van der Waals surface area contributed by atoms with Crippen LogP contribution in [0, 0.1) is 5.41 Å². The summed E-state index contributed by atoms with van der Waals surface area (Å²) >= 11 is 0. The van der Waals surface area contributed by atoms with Gasteiger partial charge < -0.3 is 15.5 Å². The summed E-state index contributed by atoms with van der Waals surface area (Å²) in [6.45, 7) is 4.92. The fraction of sp³-hybridized carbons (Fsp3) is 0.619. The molecule has 0 aliphatic heterocycles. The van der Waals surface area contributed by atoms with Gasteiger partial charge in [0.2, 0.25) is 5.91 Å². The van der Waals surface area contributed by atoms with Gasteiger partial charge in [0.25, 0.3) is 0 Å². The van der Waals surface area contributed by atoms with E-state index in [-0.39, 0.29) is 41.3 Å². The monoisotopic (exact) mass is 486 g/mol. The third-order valence-corrected chi connectivity index (χ3v) is 5.48. The van der Waals surface area contributed by atoms with E-state index in [0.717, 1.165) is 38.1 Å². The summed E-state index contributed by atoms with van der Waals surface area (Å²) in [6.07, 6.45) is 5.18. The molecule has 0 saturated heterocycles. The average molecular weight is 486 g/mol. The molecule has 0 spiro atoms. The van der Waals surface area contributed by atoms with Gasteiger partial charge in [-0.2, -0.15) is 0 Å². The topological polar surface area (TPSA) is 56.7 Å². The van der Waals surface area contributed by atoms with Gasteiger partial charge in [0.05, 0.1) is 11.5 Å². The highest BCUT2D eigenvalue weighted by atomic mass is 127. The summed E-state index contributed by atoms with van der Waals surface area (Å²) in [7, 11) is 5.46. The molecule has 1 atom stereocenters. The first-order valence-corrected chi connectivity index (χ1v) is 9.69. The fourth-order valence-corrected chi connectivity index (χ4v) is 3.77. The molecule has 1 unspecified atom stereocenters. The first-order valence-electron chi connectivity index (χ1n) is 9.69. The summed E-state index contributed by atoms with van der Waals surface area (Å²) in [6, 6.07) is 8.83. The molecular formula is C21H35IN4O. The van der Waals surface area contributed by atoms with E-state index in [1.165, 1.54) is 11.1 Å². The smallest absolute Gasteiger partial charge is 0.230 e. The van der Waals surface area contributed by atoms with E-state index in [0.29, 0.717) is 6.54 Å². The third-order valence-electron chi connectivity index (χ3n) is 5.48. The lowest BCUT2D eigenvalue weighted by atomic mass is 9.84. The van der Waals surface area contributed by atoms with Gasteiger partial charge in [0, 0.05) is 27.7 Å². The molecule has 6 heteroatoms. The van der Waals surface area contributed by atoms with Crippen LogP contribution in [-0.4, -0.2) is 44.5 Å². The van der Waals surface area contributed by atoms with Crippen LogP contribution in [0.1, 0.15) is 56.7 Å². The Kier molecular flexibility index (Phi) is 9.56. The Labute approximate surface area is 181 Å². The Balaban J connectivity index is 0.00000364. The predicted octanol–water partition coefficient (Wildman–Crippen LogP) is 3.74. The van der Waals surface area contributed by atoms with Crippen molar-refractivity contribution in [3.05, 3.63) is 35.4 Å². The summed E-state index contributed by atoms with van der Waals surface area (Å²) in [4.78, 5) is 18.8. The Morgan fingerprint density at radius 3 is 2.30 bits per heavy atom. The highest BCUT2D eigenvalue weighted by molar-refractivity contribution is 14.0. The molecule has 2 N–H and O–H groups in total. The Hall–Kier alpha value is -1.31. The molecular weight excluding hydrogens is 451 g/mol. The van der Waals surface area contributed by atoms with Gasteiger partial charge in [-0.15, -0.1) is 24.0 Å². The average Bonchev–Trinajstić information content (AvgIpc) is 3.14. The molecule has 1 aromatic rings. The quantitative estimate of drug-likeness (QED) is 0.366. The highest BCUT2D eigenvalue weighted by Crippen LogP contribution is 2.38. The summed E-state index contributed by atoms with van der Waals surface area (Å²) in [5, 5.41) is 6.85. The molecule has 1 saturated carbocycles. The second-order valence-corrected chi connectivity index (χ2v) is 7.57. The van der Waals surface area contributed by atoms with E-state index in [1.807, 2.05) is 14.1 Å². The molecule has 1 amide bonds. The minimum atomic E-state index is -0.298. The van der Waals surface area contributed by atoms with E-state index >= 15 is 0 Å². The standard InChI is InChI=1S/C21H34N4O.HI/c1-6-17-9-11-18(12-10-17)16(2)24-20(22-3)23-15-21(13-7-8-14-21)19(26)25(4)5;/h9-12,16H,6-8,13-15H2,1-5H3,(H2,22,23,24);1H. The molecule has 5 nitrogen and oxygen atoms in total. The third kappa shape index (κ3) is 6.09. The van der Waals surface area contributed by atoms with Crippen LogP contribution < -0.4 is 10.6 Å². The normalized spacial score (nSPS) is 17.0. The van der Waals surface area contributed by atoms with Crippen molar-refractivity contribution >= 4 is 35.8 Å². The van der Waals surface area contributed by atoms with E-state index in [4.69, 9.17) is 0 Å². The number of hydrogen-bond donors (Lipinski definition) is 2. The summed E-state index contributed by atoms with van der Waals surface area (Å²) in [5.74, 6) is 0.969. The van der Waals surface area contributed by atoms with Crippen molar-refractivity contribution in [3.8, 4) is 0 Å². The van der Waals surface area contributed by atoms with Crippen molar-refractivity contribution in [1.82, 2.24) is 15.5 Å². The minimum Gasteiger partial charge on any atom is -0.355 e. The van der Waals surface area contributed by atoms with Crippen molar-refractivity contribution < 1.29 is 4.79 Å². The number of amides is 1. The number of carbonyl (C=O) groups is 1. The van der Waals surface area contributed by atoms with Crippen molar-refractivity contribution in [3.63, 3.8) is 0 Å². The molecule has 0 aromatic heterocycles. The van der Waals surface area contributed by atoms with E-state index in [2.05, 4.69) is 53.7 Å². The number of aryl methyl sites for hydroxylation is 1. The molecule has 1 aromatic carbocycles. The van der Waals surface area contributed by atoms with Crippen molar-refractivity contribution in [2.24, 2.45) is 10.4 Å². The van der Waals surface area contributed by atoms with Crippen LogP contribution in [0.25, 0.3) is 0 Å². The summed E-state index contributed by atoms with van der Waals surface area (Å²) in [5.41, 5.74) is 2.27. The number of hydrogen-bond acceptors (Lipinski definition) is 2. The number of halogens is 1. The maximum atomic E-state index is 12.7. The van der Waals surface area contributed by atoms with Gasteiger partial charge in [-0.1, -0.05) is 44.0 Å². The van der Waals surface area contributed by atoms with Crippen LogP contribution in [0.5, 0.6) is 0 Å². The predicted molar refractivity (Wildman–Crippen MR) is 124 cm³/mol. The molecule has 2 rings (SSSR count). The van der Waals surface area contributed by atoms with Gasteiger partial charge in [-0.25, -0.2) is 0 Å². The zero-order chi connectivity index (χ0) is 19.2. The van der Waals surface area contributed by atoms with E-state index in [1.54, 1.807) is 11.9 Å². The second kappa shape index (κ2) is 10.9. The molecule has 27 heavy (non-hydrogen) atoms. The first kappa shape index (κ1) is 23.7. The zero-order valence-corrected chi connectivity index (χ0v) is 19.7. The van der Waals surface area contributed by atoms with E-state index in [9.17, 15) is 4.79 Å². The number of nitrogens with zero attached hydrogens (tertiary/aromatic N) is 2. The van der Waals surface area contributed by atoms with Crippen LogP contribution in [0.3, 0.4) is 0 Å². The Bertz CT molecular complexity index is 622. The molecule has 152 valence electrons. The second-order valence-electron chi connectivity index (χ2n) is 7.57. The van der Waals surface area contributed by atoms with Crippen molar-refractivity contribution in [2.75, 3.05) is 27.7 Å². The molecule has 1 aliphatic rings. The molecule has 0 bridgehead atoms. The van der Waals surface area contributed by atoms with Crippen LogP contribution in [0.4, 0.5) is 0 Å². The lowest BCUT2D eigenvalue weighted by Gasteiger charge is -2.31. The van der Waals surface area contributed by atoms with Crippen LogP contribution in [0.15, 0.2) is 29.3 Å². The summed E-state index contributed by atoms with van der Waals surface area (Å²) < 4.78 is 0.